The van der Waals surface area contributed by atoms with Crippen molar-refractivity contribution in [2.75, 3.05) is 6.54 Å². The van der Waals surface area contributed by atoms with Crippen LogP contribution in [0, 0.1) is 3.57 Å². The van der Waals surface area contributed by atoms with Crippen LogP contribution in [-0.2, 0) is 6.42 Å². The first-order valence-corrected chi connectivity index (χ1v) is 8.11. The van der Waals surface area contributed by atoms with Gasteiger partial charge < -0.3 is 5.32 Å². The summed E-state index contributed by atoms with van der Waals surface area (Å²) in [5, 5.41) is 7.47. The van der Waals surface area contributed by atoms with Crippen molar-refractivity contribution in [3.63, 3.8) is 0 Å². The molecule has 2 nitrogen and oxygen atoms in total. The lowest BCUT2D eigenvalue weighted by Gasteiger charge is -2.17. The average Bonchev–Trinajstić information content (AvgIpc) is 2.85. The number of hydrogen-bond acceptors (Lipinski definition) is 3. The summed E-state index contributed by atoms with van der Waals surface area (Å²) < 4.78 is 1.09. The van der Waals surface area contributed by atoms with Crippen molar-refractivity contribution in [1.82, 2.24) is 10.3 Å². The van der Waals surface area contributed by atoms with E-state index >= 15 is 0 Å². The molecule has 1 aromatic carbocycles. The Morgan fingerprint density at radius 2 is 2.33 bits per heavy atom. The standard InChI is InChI=1S/C13H14ClIN2S/c1-2-16-12(8-13-17-5-6-18-13)9-3-4-11(15)10(14)7-9/h3-7,12,16H,2,8H2,1H3. The van der Waals surface area contributed by atoms with E-state index in [4.69, 9.17) is 11.6 Å². The van der Waals surface area contributed by atoms with Gasteiger partial charge in [-0.3, -0.25) is 0 Å². The summed E-state index contributed by atoms with van der Waals surface area (Å²) in [5.74, 6) is 0. The van der Waals surface area contributed by atoms with Crippen LogP contribution in [0.5, 0.6) is 0 Å². The van der Waals surface area contributed by atoms with E-state index in [9.17, 15) is 0 Å². The normalized spacial score (nSPS) is 12.6. The number of aromatic nitrogens is 1. The van der Waals surface area contributed by atoms with Crippen LogP contribution < -0.4 is 5.32 Å². The summed E-state index contributed by atoms with van der Waals surface area (Å²) in [7, 11) is 0. The Labute approximate surface area is 130 Å². The molecule has 18 heavy (non-hydrogen) atoms. The van der Waals surface area contributed by atoms with Crippen LogP contribution >= 0.6 is 45.5 Å². The number of likely N-dealkylation sites (N-methyl/N-ethyl adjacent to an activating group) is 1. The van der Waals surface area contributed by atoms with E-state index in [2.05, 4.69) is 51.9 Å². The van der Waals surface area contributed by atoms with Gasteiger partial charge in [0.15, 0.2) is 0 Å². The highest BCUT2D eigenvalue weighted by Crippen LogP contribution is 2.25. The molecular weight excluding hydrogens is 379 g/mol. The highest BCUT2D eigenvalue weighted by Gasteiger charge is 2.13. The topological polar surface area (TPSA) is 24.9 Å². The molecule has 2 rings (SSSR count). The molecule has 0 fully saturated rings. The van der Waals surface area contributed by atoms with Gasteiger partial charge in [-0.15, -0.1) is 11.3 Å². The fraction of sp³-hybridized carbons (Fsp3) is 0.308. The third kappa shape index (κ3) is 3.66. The maximum Gasteiger partial charge on any atom is 0.0943 e. The Kier molecular flexibility index (Phi) is 5.41. The summed E-state index contributed by atoms with van der Waals surface area (Å²) in [6.07, 6.45) is 2.76. The van der Waals surface area contributed by atoms with E-state index in [0.717, 1.165) is 26.6 Å². The van der Waals surface area contributed by atoms with Crippen molar-refractivity contribution in [3.8, 4) is 0 Å². The van der Waals surface area contributed by atoms with Crippen molar-refractivity contribution >= 4 is 45.5 Å². The molecule has 1 unspecified atom stereocenters. The summed E-state index contributed by atoms with van der Waals surface area (Å²) in [6, 6.07) is 6.51. The fourth-order valence-electron chi connectivity index (χ4n) is 1.81. The molecule has 0 aliphatic carbocycles. The van der Waals surface area contributed by atoms with Gasteiger partial charge in [-0.25, -0.2) is 4.98 Å². The zero-order valence-electron chi connectivity index (χ0n) is 9.99. The molecule has 1 N–H and O–H groups in total. The lowest BCUT2D eigenvalue weighted by molar-refractivity contribution is 0.548. The number of nitrogens with zero attached hydrogens (tertiary/aromatic N) is 1. The summed E-state index contributed by atoms with van der Waals surface area (Å²) in [5.41, 5.74) is 1.22. The summed E-state index contributed by atoms with van der Waals surface area (Å²) in [6.45, 7) is 3.04. The highest BCUT2D eigenvalue weighted by atomic mass is 127. The molecule has 0 amide bonds. The number of nitrogens with one attached hydrogen (secondary N) is 1. The molecule has 96 valence electrons. The second-order valence-electron chi connectivity index (χ2n) is 3.91. The number of rotatable bonds is 5. The van der Waals surface area contributed by atoms with E-state index in [1.807, 2.05) is 17.6 Å². The maximum atomic E-state index is 6.19. The minimum Gasteiger partial charge on any atom is -0.310 e. The first-order valence-electron chi connectivity index (χ1n) is 5.77. The molecular formula is C13H14ClIN2S. The predicted octanol–water partition coefficient (Wildman–Crippen LogP) is 4.29. The Hall–Kier alpha value is -0.170. The Bertz CT molecular complexity index is 502. The Morgan fingerprint density at radius 3 is 2.94 bits per heavy atom. The van der Waals surface area contributed by atoms with E-state index in [1.54, 1.807) is 11.3 Å². The molecule has 0 bridgehead atoms. The van der Waals surface area contributed by atoms with Gasteiger partial charge in [0.25, 0.3) is 0 Å². The fourth-order valence-corrected chi connectivity index (χ4v) is 3.00. The Balaban J connectivity index is 2.20. The number of thiazole rings is 1. The summed E-state index contributed by atoms with van der Waals surface area (Å²) >= 11 is 10.1. The van der Waals surface area contributed by atoms with E-state index in [-0.39, 0.29) is 6.04 Å². The van der Waals surface area contributed by atoms with Crippen molar-refractivity contribution in [3.05, 3.63) is 48.9 Å². The van der Waals surface area contributed by atoms with Crippen LogP contribution in [0.25, 0.3) is 0 Å². The van der Waals surface area contributed by atoms with Crippen molar-refractivity contribution in [2.45, 2.75) is 19.4 Å². The smallest absolute Gasteiger partial charge is 0.0943 e. The van der Waals surface area contributed by atoms with Gasteiger partial charge >= 0.3 is 0 Å². The number of benzene rings is 1. The second-order valence-corrected chi connectivity index (χ2v) is 6.46. The number of hydrogen-bond donors (Lipinski definition) is 1. The lowest BCUT2D eigenvalue weighted by atomic mass is 10.0. The van der Waals surface area contributed by atoms with Crippen LogP contribution in [-0.4, -0.2) is 11.5 Å². The molecule has 2 aromatic rings. The van der Waals surface area contributed by atoms with Gasteiger partial charge in [0.2, 0.25) is 0 Å². The Morgan fingerprint density at radius 1 is 1.50 bits per heavy atom. The third-order valence-electron chi connectivity index (χ3n) is 2.66. The van der Waals surface area contributed by atoms with Crippen LogP contribution in [0.4, 0.5) is 0 Å². The first kappa shape index (κ1) is 14.2. The maximum absolute atomic E-state index is 6.19. The van der Waals surface area contributed by atoms with Gasteiger partial charge in [0.05, 0.1) is 10.0 Å². The molecule has 5 heteroatoms. The molecule has 0 spiro atoms. The van der Waals surface area contributed by atoms with Crippen molar-refractivity contribution < 1.29 is 0 Å². The number of halogens is 2. The molecule has 0 saturated carbocycles. The van der Waals surface area contributed by atoms with Gasteiger partial charge in [0.1, 0.15) is 0 Å². The third-order valence-corrected chi connectivity index (χ3v) is 5.03. The van der Waals surface area contributed by atoms with Gasteiger partial charge in [0, 0.05) is 27.6 Å². The van der Waals surface area contributed by atoms with Crippen molar-refractivity contribution in [1.29, 1.82) is 0 Å². The predicted molar refractivity (Wildman–Crippen MR) is 86.4 cm³/mol. The van der Waals surface area contributed by atoms with E-state index in [0.29, 0.717) is 0 Å². The largest absolute Gasteiger partial charge is 0.310 e. The van der Waals surface area contributed by atoms with Crippen molar-refractivity contribution in [2.24, 2.45) is 0 Å². The van der Waals surface area contributed by atoms with E-state index < -0.39 is 0 Å². The molecule has 0 saturated heterocycles. The van der Waals surface area contributed by atoms with Crippen LogP contribution in [0.3, 0.4) is 0 Å². The minimum absolute atomic E-state index is 0.274. The van der Waals surface area contributed by atoms with Gasteiger partial charge in [-0.2, -0.15) is 0 Å². The van der Waals surface area contributed by atoms with Gasteiger partial charge in [-0.1, -0.05) is 24.6 Å². The minimum atomic E-state index is 0.274. The quantitative estimate of drug-likeness (QED) is 0.768. The highest BCUT2D eigenvalue weighted by molar-refractivity contribution is 14.1. The van der Waals surface area contributed by atoms with Crippen LogP contribution in [0.2, 0.25) is 5.02 Å². The SMILES string of the molecule is CCNC(Cc1nccs1)c1ccc(I)c(Cl)c1. The monoisotopic (exact) mass is 392 g/mol. The van der Waals surface area contributed by atoms with Crippen LogP contribution in [0.15, 0.2) is 29.8 Å². The molecule has 1 atom stereocenters. The zero-order valence-corrected chi connectivity index (χ0v) is 13.7. The zero-order chi connectivity index (χ0) is 13.0. The van der Waals surface area contributed by atoms with Gasteiger partial charge in [-0.05, 0) is 46.8 Å². The molecule has 0 aliphatic rings. The second kappa shape index (κ2) is 6.84. The average molecular weight is 393 g/mol. The molecule has 1 heterocycles. The summed E-state index contributed by atoms with van der Waals surface area (Å²) in [4.78, 5) is 4.35. The first-order chi connectivity index (χ1) is 8.70. The van der Waals surface area contributed by atoms with Crippen LogP contribution in [0.1, 0.15) is 23.5 Å². The molecule has 0 aliphatic heterocycles. The molecule has 1 aromatic heterocycles. The lowest BCUT2D eigenvalue weighted by Crippen LogP contribution is -2.22. The molecule has 0 radical (unpaired) electrons. The van der Waals surface area contributed by atoms with E-state index in [1.165, 1.54) is 5.56 Å².